The smallest absolute Gasteiger partial charge is 0.200 e. The van der Waals surface area contributed by atoms with Crippen LogP contribution in [0.5, 0.6) is 0 Å². The fourth-order valence-corrected chi connectivity index (χ4v) is 7.54. The topological polar surface area (TPSA) is 0 Å². The van der Waals surface area contributed by atoms with Gasteiger partial charge in [0.1, 0.15) is 23.3 Å². The van der Waals surface area contributed by atoms with Gasteiger partial charge in [0, 0.05) is 0 Å². The van der Waals surface area contributed by atoms with Gasteiger partial charge in [-0.2, -0.15) is 6.32 Å². The van der Waals surface area contributed by atoms with Crippen molar-refractivity contribution < 1.29 is 43.9 Å². The molecular weight excluding hydrogens is 580 g/mol. The molecule has 0 saturated heterocycles. The van der Waals surface area contributed by atoms with Gasteiger partial charge in [-0.3, -0.25) is 0 Å². The molecule has 214 valence electrons. The summed E-state index contributed by atoms with van der Waals surface area (Å²) >= 11 is 0. The van der Waals surface area contributed by atoms with Crippen molar-refractivity contribution in [3.05, 3.63) is 130 Å². The normalized spacial score (nSPS) is 12.1. The molecule has 0 spiro atoms. The van der Waals surface area contributed by atoms with E-state index in [1.165, 1.54) is 6.08 Å². The van der Waals surface area contributed by atoms with Crippen LogP contribution in [0.3, 0.4) is 0 Å². The van der Waals surface area contributed by atoms with Crippen LogP contribution >= 0.6 is 7.92 Å². The molecule has 0 radical (unpaired) electrons. The number of allylic oxidation sites excluding steroid dienone is 2. The lowest BCUT2D eigenvalue weighted by Gasteiger charge is -2.27. The number of benzene rings is 4. The van der Waals surface area contributed by atoms with E-state index in [9.17, 15) is 43.9 Å². The Hall–Kier alpha value is -3.59. The van der Waals surface area contributed by atoms with E-state index in [0.29, 0.717) is 11.7 Å². The maximum Gasteiger partial charge on any atom is 0.200 e. The molecule has 12 heteroatoms. The monoisotopic (exact) mass is 600 g/mol. The molecule has 0 heterocycles. The average molecular weight is 600 g/mol. The Bertz CT molecular complexity index is 1440. The van der Waals surface area contributed by atoms with E-state index >= 15 is 0 Å². The molecule has 0 atom stereocenters. The van der Waals surface area contributed by atoms with Crippen LogP contribution in [0.15, 0.2) is 72.3 Å². The minimum Gasteiger partial charge on any atom is -0.207 e. The minimum atomic E-state index is -3.60. The molecule has 0 nitrogen and oxygen atoms in total. The van der Waals surface area contributed by atoms with Gasteiger partial charge in [0.15, 0.2) is 34.9 Å². The first-order valence-electron chi connectivity index (χ1n) is 12.3. The maximum atomic E-state index is 14.8. The first-order valence-corrected chi connectivity index (χ1v) is 14.0. The molecule has 4 rings (SSSR count). The van der Waals surface area contributed by atoms with Crippen LogP contribution in [-0.4, -0.2) is 12.9 Å². The van der Waals surface area contributed by atoms with E-state index in [1.807, 2.05) is 60.7 Å². The molecule has 4 aromatic carbocycles. The zero-order valence-corrected chi connectivity index (χ0v) is 22.3. The van der Waals surface area contributed by atoms with Crippen molar-refractivity contribution in [1.82, 2.24) is 0 Å². The Morgan fingerprint density at radius 3 is 1.20 bits per heavy atom. The fraction of sp³-hybridized carbons (Fsp3) is 0.103. The van der Waals surface area contributed by atoms with E-state index < -0.39 is 90.1 Å². The van der Waals surface area contributed by atoms with Gasteiger partial charge in [-0.25, -0.2) is 43.9 Å². The molecule has 0 fully saturated rings. The van der Waals surface area contributed by atoms with Crippen LogP contribution in [0.1, 0.15) is 6.92 Å². The number of rotatable bonds is 8. The first kappa shape index (κ1) is 30.4. The van der Waals surface area contributed by atoms with Gasteiger partial charge in [0.05, 0.1) is 31.4 Å². The summed E-state index contributed by atoms with van der Waals surface area (Å²) in [6.07, 6.45) is 0.854. The molecule has 0 N–H and O–H groups in total. The first-order chi connectivity index (χ1) is 19.5. The molecule has 0 aliphatic rings. The standard InChI is InChI=1S/C29H19BF10P/c1-15(14-41(16-8-4-2-5-9-16)17-10-6-3-7-11-17)12-13-30(18-20(31)24(35)28(39)25(36)21(18)32)19-22(33)26(37)29(40)27(38)23(19)34/h2-12,30H,13-14H2,1H3/q-1/p+1/b15-12-. The van der Waals surface area contributed by atoms with Gasteiger partial charge < -0.3 is 0 Å². The van der Waals surface area contributed by atoms with Crippen molar-refractivity contribution in [3.63, 3.8) is 0 Å². The summed E-state index contributed by atoms with van der Waals surface area (Å²) in [5.41, 5.74) is -2.76. The van der Waals surface area contributed by atoms with E-state index in [2.05, 4.69) is 0 Å². The van der Waals surface area contributed by atoms with Gasteiger partial charge in [-0.15, -0.1) is 17.0 Å². The van der Waals surface area contributed by atoms with Gasteiger partial charge in [-0.05, 0) is 36.8 Å². The van der Waals surface area contributed by atoms with E-state index in [0.717, 1.165) is 10.6 Å². The van der Waals surface area contributed by atoms with Crippen LogP contribution in [0.25, 0.3) is 0 Å². The minimum absolute atomic E-state index is 0.346. The molecule has 0 aliphatic carbocycles. The lowest BCUT2D eigenvalue weighted by Crippen LogP contribution is -2.50. The Balaban J connectivity index is 1.84. The summed E-state index contributed by atoms with van der Waals surface area (Å²) in [4.78, 5) is 0. The Morgan fingerprint density at radius 2 is 0.854 bits per heavy atom. The lowest BCUT2D eigenvalue weighted by molar-refractivity contribution is 0.382. The van der Waals surface area contributed by atoms with Crippen LogP contribution in [0, 0.1) is 58.2 Å². The summed E-state index contributed by atoms with van der Waals surface area (Å²) in [7, 11) is -1.54. The predicted molar refractivity (Wildman–Crippen MR) is 143 cm³/mol. The van der Waals surface area contributed by atoms with Crippen molar-refractivity contribution in [1.29, 1.82) is 0 Å². The van der Waals surface area contributed by atoms with E-state index in [4.69, 9.17) is 0 Å². The number of hydrogen-bond acceptors (Lipinski definition) is 0. The summed E-state index contributed by atoms with van der Waals surface area (Å²) < 4.78 is 143. The van der Waals surface area contributed by atoms with Crippen molar-refractivity contribution in [2.24, 2.45) is 0 Å². The van der Waals surface area contributed by atoms with Crippen LogP contribution < -0.4 is 21.5 Å². The quantitative estimate of drug-likeness (QED) is 0.0562. The van der Waals surface area contributed by atoms with Crippen LogP contribution in [0.4, 0.5) is 43.9 Å². The van der Waals surface area contributed by atoms with E-state index in [-0.39, 0.29) is 0 Å². The molecule has 0 aliphatic heterocycles. The second-order valence-corrected chi connectivity index (χ2v) is 12.0. The van der Waals surface area contributed by atoms with Crippen molar-refractivity contribution in [2.75, 3.05) is 6.16 Å². The lowest BCUT2D eigenvalue weighted by atomic mass is 9.38. The molecule has 0 amide bonds. The molecule has 41 heavy (non-hydrogen) atoms. The third-order valence-electron chi connectivity index (χ3n) is 6.94. The SMILES string of the molecule is C/C(=C/C[BH-](c1c(F)c(F)c(F)c(F)c1F)c1c(F)c(F)c(F)c(F)c1F)C[PH+](c1ccccc1)c1ccccc1. The maximum absolute atomic E-state index is 14.8. The predicted octanol–water partition coefficient (Wildman–Crippen LogP) is 6.23. The number of halogens is 10. The fourth-order valence-electron chi connectivity index (χ4n) is 4.91. The van der Waals surface area contributed by atoms with Gasteiger partial charge >= 0.3 is 0 Å². The molecule has 0 aromatic heterocycles. The summed E-state index contributed by atoms with van der Waals surface area (Å²) in [5.74, 6) is -24.3. The number of hydrogen-bond donors (Lipinski definition) is 0. The van der Waals surface area contributed by atoms with Gasteiger partial charge in [0.2, 0.25) is 0 Å². The highest BCUT2D eigenvalue weighted by Gasteiger charge is 2.32. The molecule has 0 saturated carbocycles. The second-order valence-electron chi connectivity index (χ2n) is 9.50. The highest BCUT2D eigenvalue weighted by Crippen LogP contribution is 2.36. The highest BCUT2D eigenvalue weighted by atomic mass is 31.1. The third kappa shape index (κ3) is 5.91. The van der Waals surface area contributed by atoms with Gasteiger partial charge in [-0.1, -0.05) is 36.4 Å². The van der Waals surface area contributed by atoms with Crippen LogP contribution in [0.2, 0.25) is 6.32 Å². The molecular formula is C29H20BF10P. The van der Waals surface area contributed by atoms with Crippen LogP contribution in [-0.2, 0) is 0 Å². The zero-order chi connectivity index (χ0) is 30.0. The highest BCUT2D eigenvalue weighted by molar-refractivity contribution is 7.73. The molecule has 4 aromatic rings. The van der Waals surface area contributed by atoms with Gasteiger partial charge in [0.25, 0.3) is 0 Å². The Labute approximate surface area is 230 Å². The van der Waals surface area contributed by atoms with E-state index in [1.54, 1.807) is 6.92 Å². The largest absolute Gasteiger partial charge is 0.207 e. The van der Waals surface area contributed by atoms with Crippen molar-refractivity contribution in [2.45, 2.75) is 13.2 Å². The molecule has 0 bridgehead atoms. The Morgan fingerprint density at radius 1 is 0.537 bits per heavy atom. The summed E-state index contributed by atoms with van der Waals surface area (Å²) in [5, 5.41) is 1.94. The summed E-state index contributed by atoms with van der Waals surface area (Å²) in [6, 6.07) is 18.5. The van der Waals surface area contributed by atoms with Crippen molar-refractivity contribution in [3.8, 4) is 0 Å². The average Bonchev–Trinajstić information content (AvgIpc) is 2.99. The Kier molecular flexibility index (Phi) is 9.27. The molecule has 0 unspecified atom stereocenters. The zero-order valence-electron chi connectivity index (χ0n) is 21.3. The second kappa shape index (κ2) is 12.5. The van der Waals surface area contributed by atoms with Crippen molar-refractivity contribution >= 4 is 36.2 Å². The summed E-state index contributed by atoms with van der Waals surface area (Å²) in [6.45, 7) is -2.02. The third-order valence-corrected chi connectivity index (χ3v) is 9.91.